The van der Waals surface area contributed by atoms with E-state index in [0.717, 1.165) is 45.1 Å². The fourth-order valence-electron chi connectivity index (χ4n) is 9.03. The van der Waals surface area contributed by atoms with E-state index >= 15 is 0 Å². The van der Waals surface area contributed by atoms with E-state index in [1.807, 2.05) is 41.5 Å². The van der Waals surface area contributed by atoms with Crippen LogP contribution in [0.4, 0.5) is 0 Å². The molecule has 7 aliphatic heterocycles. The van der Waals surface area contributed by atoms with Crippen LogP contribution >= 0.6 is 0 Å². The first-order chi connectivity index (χ1) is 70.0. The van der Waals surface area contributed by atoms with Crippen molar-refractivity contribution in [2.45, 2.75) is 188 Å². The van der Waals surface area contributed by atoms with Gasteiger partial charge in [-0.25, -0.2) is 0 Å². The Morgan fingerprint density at radius 2 is 0.462 bits per heavy atom. The number of fused-ring (bicyclic) bond motifs is 7. The van der Waals surface area contributed by atoms with Crippen molar-refractivity contribution in [2.24, 2.45) is 37.9 Å². The third-order valence-electron chi connectivity index (χ3n) is 16.9. The van der Waals surface area contributed by atoms with Crippen LogP contribution in [0.5, 0.6) is 80.5 Å². The standard InChI is InChI=1S/7C14H18O3/c7*1-14(2,3)13(15)7-5-10-4-6-11-12(8-10)17-9-16-11/h7*4-8,13,15H,9H2,1-3H3/b7*7-5+/i1D3,2D3,7D,9D2,13D;1D3,2D3,5D,9D2;5D,9D2,13D;1D3,2D3,5D;5D,13D;5D,9D2;5D. The van der Waals surface area contributed by atoms with Crippen molar-refractivity contribution in [2.75, 3.05) is 47.4 Å². The summed E-state index contributed by atoms with van der Waals surface area (Å²) in [4.78, 5) is 0. The molecule has 0 fully saturated rings. The lowest BCUT2D eigenvalue weighted by molar-refractivity contribution is 0.106. The van der Waals surface area contributed by atoms with Gasteiger partial charge >= 0.3 is 0 Å². The number of benzene rings is 7. The molecule has 0 aliphatic carbocycles. The fourth-order valence-corrected chi connectivity index (χ4v) is 9.03. The predicted molar refractivity (Wildman–Crippen MR) is 469 cm³/mol. The maximum atomic E-state index is 10.5. The van der Waals surface area contributed by atoms with Gasteiger partial charge in [-0.3, -0.25) is 0 Å². The van der Waals surface area contributed by atoms with Crippen LogP contribution in [-0.4, -0.2) is 126 Å². The number of aliphatic hydroxyl groups is 7. The minimum absolute atomic E-state index is 0.00414. The van der Waals surface area contributed by atoms with Crippen LogP contribution in [-0.2, 0) is 0 Å². The Balaban J connectivity index is 0.000000220. The first kappa shape index (κ1) is 54.7. The van der Waals surface area contributed by atoms with E-state index in [1.54, 1.807) is 114 Å². The zero-order valence-corrected chi connectivity index (χ0v) is 68.4. The number of aliphatic hydroxyl groups excluding tert-OH is 4. The molecule has 21 heteroatoms. The molecule has 0 radical (unpaired) electrons. The Bertz CT molecular complexity index is 6340. The van der Waals surface area contributed by atoms with Gasteiger partial charge in [0, 0.05) is 24.7 Å². The summed E-state index contributed by atoms with van der Waals surface area (Å²) in [7, 11) is 0. The molecular weight excluding hydrogens is 1510 g/mol. The minimum atomic E-state index is -3.27. The Morgan fingerprint density at radius 3 is 0.706 bits per heavy atom. The molecule has 0 amide bonds. The molecule has 644 valence electrons. The molecule has 7 unspecified atom stereocenters. The molecule has 7 aliphatic rings. The van der Waals surface area contributed by atoms with E-state index in [2.05, 4.69) is 0 Å². The largest absolute Gasteiger partial charge is 0.454 e. The number of rotatable bonds is 14. The van der Waals surface area contributed by atoms with Crippen LogP contribution < -0.4 is 66.3 Å². The first-order valence-corrected chi connectivity index (χ1v) is 37.0. The van der Waals surface area contributed by atoms with Gasteiger partial charge in [0.05, 0.1) is 56.4 Å². The van der Waals surface area contributed by atoms with Gasteiger partial charge in [-0.2, -0.15) is 0 Å². The lowest BCUT2D eigenvalue weighted by atomic mass is 9.89. The highest BCUT2D eigenvalue weighted by molar-refractivity contribution is 5.63. The molecule has 0 aromatic heterocycles. The Morgan fingerprint density at radius 1 is 0.261 bits per heavy atom. The van der Waals surface area contributed by atoms with E-state index in [9.17, 15) is 35.7 Å². The minimum Gasteiger partial charge on any atom is -0.454 e. The Labute approximate surface area is 754 Å². The third-order valence-corrected chi connectivity index (χ3v) is 16.9. The van der Waals surface area contributed by atoms with E-state index < -0.39 is 144 Å². The lowest BCUT2D eigenvalue weighted by Gasteiger charge is -2.22. The average molecular weight is 1680 g/mol. The predicted octanol–water partition coefficient (Wildman–Crippen LogP) is 19.8. The Hall–Kier alpha value is -10.4. The van der Waals surface area contributed by atoms with E-state index in [4.69, 9.17) is 116 Å². The van der Waals surface area contributed by atoms with E-state index in [1.165, 1.54) is 72.8 Å². The zero-order valence-electron chi connectivity index (χ0n) is 104. The summed E-state index contributed by atoms with van der Waals surface area (Å²) in [6, 6.07) is 31.3. The highest BCUT2D eigenvalue weighted by atomic mass is 16.7. The molecule has 0 saturated carbocycles. The maximum absolute atomic E-state index is 10.5. The van der Waals surface area contributed by atoms with Crippen LogP contribution in [0.25, 0.3) is 42.4 Å². The molecule has 0 saturated heterocycles. The zero-order chi connectivity index (χ0) is 118. The summed E-state index contributed by atoms with van der Waals surface area (Å²) in [5, 5.41) is 71.2. The second-order valence-electron chi connectivity index (χ2n) is 31.8. The van der Waals surface area contributed by atoms with Crippen LogP contribution in [0.1, 0.15) is 233 Å². The molecule has 7 aromatic rings. The average Bonchev–Trinajstić information content (AvgIpc) is 1.72. The highest BCUT2D eigenvalue weighted by Gasteiger charge is 2.27. The molecule has 0 bridgehead atoms. The van der Waals surface area contributed by atoms with Gasteiger partial charge in [0.1, 0.15) is 11.0 Å². The van der Waals surface area contributed by atoms with Crippen molar-refractivity contribution >= 4 is 42.4 Å². The summed E-state index contributed by atoms with van der Waals surface area (Å²) in [5.41, 5.74) is -6.94. The van der Waals surface area contributed by atoms with E-state index in [-0.39, 0.29) is 119 Å². The lowest BCUT2D eigenvalue weighted by Crippen LogP contribution is -2.23. The first-order valence-electron chi connectivity index (χ1n) is 55.0. The van der Waals surface area contributed by atoms with Gasteiger partial charge in [0.2, 0.25) is 47.4 Å². The fraction of sp³-hybridized carbons (Fsp3) is 0.429. The second-order valence-corrected chi connectivity index (χ2v) is 31.8. The molecule has 21 nitrogen and oxygen atoms in total. The monoisotopic (exact) mass is 1680 g/mol. The molecule has 7 N–H and O–H groups in total. The second kappa shape index (κ2) is 41.6. The number of ether oxygens (including phenoxy) is 14. The van der Waals surface area contributed by atoms with Crippen LogP contribution in [0.2, 0.25) is 0 Å². The van der Waals surface area contributed by atoms with Crippen molar-refractivity contribution in [3.8, 4) is 80.5 Å². The normalized spacial score (nSPS) is 24.6. The quantitative estimate of drug-likeness (QED) is 0.0533. The molecule has 7 atom stereocenters. The number of hydrogen-bond donors (Lipinski definition) is 7. The van der Waals surface area contributed by atoms with Gasteiger partial charge < -0.3 is 102 Å². The topological polar surface area (TPSA) is 271 Å². The molecule has 7 aromatic carbocycles. The van der Waals surface area contributed by atoms with Gasteiger partial charge in [-0.1, -0.05) is 272 Å². The van der Waals surface area contributed by atoms with E-state index in [0.29, 0.717) is 68.1 Å². The Kier molecular flexibility index (Phi) is 19.1. The van der Waals surface area contributed by atoms with Gasteiger partial charge in [-0.05, 0) is 162 Å². The van der Waals surface area contributed by atoms with Crippen molar-refractivity contribution in [1.29, 1.82) is 0 Å². The molecule has 14 rings (SSSR count). The number of hydrogen-bond acceptors (Lipinski definition) is 21. The summed E-state index contributed by atoms with van der Waals surface area (Å²) in [6.07, 6.45) is -4.09. The third kappa shape index (κ3) is 30.1. The van der Waals surface area contributed by atoms with Crippen molar-refractivity contribution < 1.29 is 151 Å². The van der Waals surface area contributed by atoms with Crippen molar-refractivity contribution in [3.05, 3.63) is 209 Å². The molecule has 0 spiro atoms. The summed E-state index contributed by atoms with van der Waals surface area (Å²) in [6.45, 7) is -2.59. The maximum Gasteiger partial charge on any atom is 0.231 e. The van der Waals surface area contributed by atoms with Crippen LogP contribution in [0.15, 0.2) is 170 Å². The van der Waals surface area contributed by atoms with Crippen LogP contribution in [0, 0.1) is 37.9 Å². The summed E-state index contributed by atoms with van der Waals surface area (Å²) < 4.78 is 345. The summed E-state index contributed by atoms with van der Waals surface area (Å²) in [5.74, 6) is 4.80. The molecule has 119 heavy (non-hydrogen) atoms. The van der Waals surface area contributed by atoms with Crippen molar-refractivity contribution in [3.63, 3.8) is 0 Å². The van der Waals surface area contributed by atoms with Crippen LogP contribution in [0.3, 0.4) is 0 Å². The van der Waals surface area contributed by atoms with Crippen molar-refractivity contribution in [1.82, 2.24) is 0 Å². The highest BCUT2D eigenvalue weighted by Crippen LogP contribution is 2.40. The SMILES string of the molecule is [2H]/C(=C\C(O)C(C)(C([2H])([2H])[2H])C([2H])([2H])[2H])c1ccc2c(c1)OC([2H])([2H])O2.[2H]/C(=C\C(O)C(C)(C([2H])([2H])[2H])C([2H])([2H])[2H])c1ccc2c(c1)OCO2.[2H]/C(=C\C(O)C(C)(C)C)c1ccc2c(c1)OC([2H])([2H])O2.[2H]/C(=C\C(O)C(C)(C)C)c1ccc2c(c1)OCO2.[2H]/C(=C\C([2H])(O)C(C)(C)C)c1ccc2c(c1)OC([2H])([2H])O2.[2H]/C(=C\C([2H])(O)C(C)(C)C)c1ccc2c(c1)OCO2.[2H]/C(=C\c1ccc2c(c1)OC([2H])([2H])O2)C([2H])(O)C(C)(C([2H])([2H])[2H])C([2H])([2H])[2H]. The van der Waals surface area contributed by atoms with Gasteiger partial charge in [0.25, 0.3) is 0 Å². The molecule has 7 heterocycles. The van der Waals surface area contributed by atoms with Gasteiger partial charge in [0.15, 0.2) is 80.5 Å². The summed E-state index contributed by atoms with van der Waals surface area (Å²) >= 11 is 0. The molecular formula is C98H126O21. The smallest absolute Gasteiger partial charge is 0.231 e. The van der Waals surface area contributed by atoms with Gasteiger partial charge in [-0.15, -0.1) is 0 Å².